The fourth-order valence-electron chi connectivity index (χ4n) is 8.42. The van der Waals surface area contributed by atoms with Crippen molar-refractivity contribution in [2.24, 2.45) is 34.5 Å². The lowest BCUT2D eigenvalue weighted by molar-refractivity contribution is -0.140. The van der Waals surface area contributed by atoms with E-state index in [1.807, 2.05) is 24.3 Å². The van der Waals surface area contributed by atoms with Gasteiger partial charge < -0.3 is 19.9 Å². The van der Waals surface area contributed by atoms with E-state index in [1.165, 1.54) is 5.57 Å². The Hall–Kier alpha value is -2.60. The van der Waals surface area contributed by atoms with E-state index in [0.717, 1.165) is 49.8 Å². The SMILES string of the molecule is COc1ccc(CCCNC(=O)C2CCC3C4CCC5=CC(=O)C=CC5(C)C4C(O)CC23C)cc1OC. The second-order valence-electron chi connectivity index (χ2n) is 12.0. The molecule has 200 valence electrons. The van der Waals surface area contributed by atoms with Gasteiger partial charge in [0, 0.05) is 23.8 Å². The Bertz CT molecular complexity index is 1120. The van der Waals surface area contributed by atoms with Gasteiger partial charge >= 0.3 is 0 Å². The van der Waals surface area contributed by atoms with Crippen molar-refractivity contribution in [3.63, 3.8) is 0 Å². The summed E-state index contributed by atoms with van der Waals surface area (Å²) < 4.78 is 10.7. The normalized spacial score (nSPS) is 36.2. The summed E-state index contributed by atoms with van der Waals surface area (Å²) in [7, 11) is 3.27. The van der Waals surface area contributed by atoms with Crippen molar-refractivity contribution in [2.45, 2.75) is 64.9 Å². The summed E-state index contributed by atoms with van der Waals surface area (Å²) in [6.07, 6.45) is 11.2. The Kier molecular flexibility index (Phi) is 6.99. The van der Waals surface area contributed by atoms with Crippen LogP contribution in [-0.4, -0.2) is 43.7 Å². The number of benzene rings is 1. The zero-order valence-electron chi connectivity index (χ0n) is 22.6. The lowest BCUT2D eigenvalue weighted by Gasteiger charge is -2.58. The summed E-state index contributed by atoms with van der Waals surface area (Å²) in [5.41, 5.74) is 1.87. The molecule has 0 saturated heterocycles. The molecule has 3 fully saturated rings. The molecule has 1 amide bonds. The number of carbonyl (C=O) groups is 2. The van der Waals surface area contributed by atoms with E-state index >= 15 is 0 Å². The maximum Gasteiger partial charge on any atom is 0.223 e. The molecule has 0 aromatic heterocycles. The van der Waals surface area contributed by atoms with Crippen LogP contribution in [0.3, 0.4) is 0 Å². The van der Waals surface area contributed by atoms with Gasteiger partial charge in [-0.2, -0.15) is 0 Å². The summed E-state index contributed by atoms with van der Waals surface area (Å²) in [5, 5.41) is 14.7. The third-order valence-electron chi connectivity index (χ3n) is 10.2. The molecule has 0 spiro atoms. The zero-order valence-corrected chi connectivity index (χ0v) is 22.6. The van der Waals surface area contributed by atoms with E-state index in [1.54, 1.807) is 26.4 Å². The second kappa shape index (κ2) is 9.94. The molecule has 4 aliphatic rings. The van der Waals surface area contributed by atoms with Crippen molar-refractivity contribution in [2.75, 3.05) is 20.8 Å². The summed E-state index contributed by atoms with van der Waals surface area (Å²) in [6.45, 7) is 5.07. The van der Waals surface area contributed by atoms with Crippen LogP contribution >= 0.6 is 0 Å². The minimum atomic E-state index is -0.476. The maximum absolute atomic E-state index is 13.4. The maximum atomic E-state index is 13.4. The van der Waals surface area contributed by atoms with Crippen molar-refractivity contribution < 1.29 is 24.2 Å². The summed E-state index contributed by atoms with van der Waals surface area (Å²) in [5.74, 6) is 2.47. The predicted octanol–water partition coefficient (Wildman–Crippen LogP) is 4.65. The van der Waals surface area contributed by atoms with Crippen LogP contribution in [-0.2, 0) is 16.0 Å². The topological polar surface area (TPSA) is 84.9 Å². The number of carbonyl (C=O) groups excluding carboxylic acids is 2. The Balaban J connectivity index is 1.22. The smallest absolute Gasteiger partial charge is 0.223 e. The number of ether oxygens (including phenoxy) is 2. The van der Waals surface area contributed by atoms with E-state index in [-0.39, 0.29) is 34.4 Å². The minimum Gasteiger partial charge on any atom is -0.493 e. The quantitative estimate of drug-likeness (QED) is 0.525. The van der Waals surface area contributed by atoms with Crippen LogP contribution in [0.25, 0.3) is 0 Å². The van der Waals surface area contributed by atoms with E-state index in [4.69, 9.17) is 9.47 Å². The van der Waals surface area contributed by atoms with Crippen molar-refractivity contribution in [1.29, 1.82) is 0 Å². The Labute approximate surface area is 220 Å². The van der Waals surface area contributed by atoms with Gasteiger partial charge in [0.15, 0.2) is 17.3 Å². The lowest BCUT2D eigenvalue weighted by Crippen LogP contribution is -2.57. The molecule has 0 aliphatic heterocycles. The molecule has 6 heteroatoms. The molecular formula is C31H41NO5. The van der Waals surface area contributed by atoms with Gasteiger partial charge in [-0.05, 0) is 92.0 Å². The first-order chi connectivity index (χ1) is 17.7. The molecule has 0 heterocycles. The summed E-state index contributed by atoms with van der Waals surface area (Å²) >= 11 is 0. The largest absolute Gasteiger partial charge is 0.493 e. The van der Waals surface area contributed by atoms with Gasteiger partial charge in [0.1, 0.15) is 0 Å². The average Bonchev–Trinajstić information content (AvgIpc) is 3.23. The van der Waals surface area contributed by atoms with Crippen molar-refractivity contribution >= 4 is 11.7 Å². The average molecular weight is 508 g/mol. The van der Waals surface area contributed by atoms with Gasteiger partial charge in [-0.1, -0.05) is 31.6 Å². The first-order valence-corrected chi connectivity index (χ1v) is 13.8. The van der Waals surface area contributed by atoms with Crippen molar-refractivity contribution in [1.82, 2.24) is 5.32 Å². The number of rotatable bonds is 7. The predicted molar refractivity (Wildman–Crippen MR) is 142 cm³/mol. The first kappa shape index (κ1) is 26.0. The van der Waals surface area contributed by atoms with E-state index in [9.17, 15) is 14.7 Å². The third-order valence-corrected chi connectivity index (χ3v) is 10.2. The molecule has 3 saturated carbocycles. The fourth-order valence-corrected chi connectivity index (χ4v) is 8.42. The molecule has 7 unspecified atom stereocenters. The van der Waals surface area contributed by atoms with Gasteiger partial charge in [-0.15, -0.1) is 0 Å². The molecule has 5 rings (SSSR count). The van der Waals surface area contributed by atoms with Crippen molar-refractivity contribution in [3.8, 4) is 11.5 Å². The number of aliphatic hydroxyl groups excluding tert-OH is 1. The number of aliphatic hydroxyl groups is 1. The molecule has 2 N–H and O–H groups in total. The molecule has 6 nitrogen and oxygen atoms in total. The molecule has 0 bridgehead atoms. The third kappa shape index (κ3) is 4.41. The number of hydrogen-bond acceptors (Lipinski definition) is 5. The Morgan fingerprint density at radius 2 is 1.92 bits per heavy atom. The van der Waals surface area contributed by atoms with Gasteiger partial charge in [-0.3, -0.25) is 9.59 Å². The monoisotopic (exact) mass is 507 g/mol. The molecule has 7 atom stereocenters. The Morgan fingerprint density at radius 1 is 1.14 bits per heavy atom. The van der Waals surface area contributed by atoms with Gasteiger partial charge in [0.05, 0.1) is 20.3 Å². The summed E-state index contributed by atoms with van der Waals surface area (Å²) in [4.78, 5) is 25.4. The fraction of sp³-hybridized carbons (Fsp3) is 0.613. The van der Waals surface area contributed by atoms with E-state index in [2.05, 4.69) is 19.2 Å². The highest BCUT2D eigenvalue weighted by Crippen LogP contribution is 2.65. The highest BCUT2D eigenvalue weighted by atomic mass is 16.5. The lowest BCUT2D eigenvalue weighted by atomic mass is 9.47. The number of methoxy groups -OCH3 is 2. The van der Waals surface area contributed by atoms with Crippen LogP contribution in [0, 0.1) is 34.5 Å². The van der Waals surface area contributed by atoms with Crippen LogP contribution in [0.2, 0.25) is 0 Å². The minimum absolute atomic E-state index is 0.0600. The number of ketones is 1. The molecule has 37 heavy (non-hydrogen) atoms. The van der Waals surface area contributed by atoms with E-state index < -0.39 is 6.10 Å². The van der Waals surface area contributed by atoms with Crippen LogP contribution in [0.4, 0.5) is 0 Å². The van der Waals surface area contributed by atoms with Crippen LogP contribution in [0.15, 0.2) is 42.0 Å². The number of fused-ring (bicyclic) bond motifs is 5. The molecular weight excluding hydrogens is 466 g/mol. The van der Waals surface area contributed by atoms with Crippen LogP contribution < -0.4 is 14.8 Å². The molecule has 0 radical (unpaired) electrons. The van der Waals surface area contributed by atoms with Crippen LogP contribution in [0.1, 0.15) is 57.9 Å². The first-order valence-electron chi connectivity index (χ1n) is 13.8. The standard InChI is InChI=1S/C31H41NO5/c1-30-14-13-21(33)17-20(30)8-9-22-23-10-11-24(31(23,2)18-25(34)28(22)30)29(35)32-15-5-6-19-7-12-26(36-3)27(16-19)37-4/h7,12-14,16-17,22-25,28,34H,5-6,8-11,15,18H2,1-4H3,(H,32,35). The van der Waals surface area contributed by atoms with Gasteiger partial charge in [0.25, 0.3) is 0 Å². The van der Waals surface area contributed by atoms with Crippen molar-refractivity contribution in [3.05, 3.63) is 47.6 Å². The number of aryl methyl sites for hydroxylation is 1. The number of amides is 1. The number of allylic oxidation sites excluding steroid dienone is 4. The highest BCUT2D eigenvalue weighted by Gasteiger charge is 2.62. The second-order valence-corrected chi connectivity index (χ2v) is 12.0. The highest BCUT2D eigenvalue weighted by molar-refractivity contribution is 6.01. The summed E-state index contributed by atoms with van der Waals surface area (Å²) in [6, 6.07) is 5.94. The van der Waals surface area contributed by atoms with E-state index in [0.29, 0.717) is 30.6 Å². The van der Waals surface area contributed by atoms with Gasteiger partial charge in [-0.25, -0.2) is 0 Å². The Morgan fingerprint density at radius 3 is 2.68 bits per heavy atom. The van der Waals surface area contributed by atoms with Gasteiger partial charge in [0.2, 0.25) is 5.91 Å². The molecule has 4 aliphatic carbocycles. The number of hydrogen-bond donors (Lipinski definition) is 2. The zero-order chi connectivity index (χ0) is 26.4. The number of nitrogens with one attached hydrogen (secondary N) is 1. The van der Waals surface area contributed by atoms with Crippen LogP contribution in [0.5, 0.6) is 11.5 Å². The molecule has 1 aromatic carbocycles. The molecule has 1 aromatic rings.